The normalized spacial score (nSPS) is 10.4. The van der Waals surface area contributed by atoms with Crippen LogP contribution >= 0.6 is 0 Å². The first kappa shape index (κ1) is 17.6. The molecule has 0 aliphatic rings. The van der Waals surface area contributed by atoms with Gasteiger partial charge in [-0.05, 0) is 32.0 Å². The van der Waals surface area contributed by atoms with Crippen LogP contribution in [0.5, 0.6) is 0 Å². The summed E-state index contributed by atoms with van der Waals surface area (Å²) in [6, 6.07) is 3.43. The number of halogens is 1. The van der Waals surface area contributed by atoms with Crippen LogP contribution in [0, 0.1) is 5.82 Å². The van der Waals surface area contributed by atoms with Crippen molar-refractivity contribution in [2.45, 2.75) is 33.2 Å². The topological polar surface area (TPSA) is 86.7 Å². The Bertz CT molecular complexity index is 587. The average molecular weight is 310 g/mol. The minimum absolute atomic E-state index is 0.0542. The molecule has 0 bridgehead atoms. The third-order valence-corrected chi connectivity index (χ3v) is 2.97. The van der Waals surface area contributed by atoms with E-state index in [4.69, 9.17) is 5.11 Å². The lowest BCUT2D eigenvalue weighted by Gasteiger charge is -2.26. The van der Waals surface area contributed by atoms with E-state index in [-0.39, 0.29) is 30.3 Å². The van der Waals surface area contributed by atoms with Gasteiger partial charge in [0.2, 0.25) is 5.91 Å². The molecule has 22 heavy (non-hydrogen) atoms. The van der Waals surface area contributed by atoms with Gasteiger partial charge in [0.05, 0.1) is 12.1 Å². The number of nitrogens with zero attached hydrogens (tertiary/aromatic N) is 1. The van der Waals surface area contributed by atoms with Crippen LogP contribution in [-0.4, -0.2) is 40.4 Å². The number of nitrogens with one attached hydrogen (secondary N) is 1. The van der Waals surface area contributed by atoms with E-state index >= 15 is 0 Å². The number of carbonyl (C=O) groups excluding carboxylic acids is 2. The second kappa shape index (κ2) is 7.53. The number of carbonyl (C=O) groups is 3. The summed E-state index contributed by atoms with van der Waals surface area (Å²) in [5.74, 6) is -2.51. The summed E-state index contributed by atoms with van der Waals surface area (Å²) < 4.78 is 13.6. The van der Waals surface area contributed by atoms with Crippen molar-refractivity contribution in [1.29, 1.82) is 0 Å². The number of anilines is 1. The van der Waals surface area contributed by atoms with Gasteiger partial charge in [0.25, 0.3) is 5.91 Å². The van der Waals surface area contributed by atoms with Crippen molar-refractivity contribution in [2.75, 3.05) is 11.9 Å². The monoisotopic (exact) mass is 310 g/mol. The van der Waals surface area contributed by atoms with Crippen molar-refractivity contribution in [3.63, 3.8) is 0 Å². The number of hydrogen-bond donors (Lipinski definition) is 2. The first-order valence-electron chi connectivity index (χ1n) is 6.82. The van der Waals surface area contributed by atoms with Crippen LogP contribution in [0.25, 0.3) is 0 Å². The van der Waals surface area contributed by atoms with Gasteiger partial charge < -0.3 is 15.3 Å². The summed E-state index contributed by atoms with van der Waals surface area (Å²) in [6.07, 6.45) is -0.177. The van der Waals surface area contributed by atoms with E-state index in [0.29, 0.717) is 0 Å². The molecular formula is C15H19FN2O4. The van der Waals surface area contributed by atoms with Crippen LogP contribution in [0.3, 0.4) is 0 Å². The standard InChI is InChI=1S/C15H19FN2O4/c1-9(2)18(7-6-14(20)21)15(22)11-4-5-12(16)13(8-11)17-10(3)19/h4-5,8-9H,6-7H2,1-3H3,(H,17,19)(H,20,21). The second-order valence-electron chi connectivity index (χ2n) is 5.11. The van der Waals surface area contributed by atoms with Gasteiger partial charge in [-0.3, -0.25) is 14.4 Å². The molecule has 1 aromatic carbocycles. The highest BCUT2D eigenvalue weighted by molar-refractivity contribution is 5.97. The average Bonchev–Trinajstić information content (AvgIpc) is 2.40. The second-order valence-corrected chi connectivity index (χ2v) is 5.11. The molecule has 0 aliphatic heterocycles. The van der Waals surface area contributed by atoms with E-state index in [9.17, 15) is 18.8 Å². The van der Waals surface area contributed by atoms with E-state index in [1.54, 1.807) is 13.8 Å². The number of benzene rings is 1. The molecule has 0 aromatic heterocycles. The molecule has 0 unspecified atom stereocenters. The molecule has 6 nitrogen and oxygen atoms in total. The zero-order chi connectivity index (χ0) is 16.9. The third-order valence-electron chi connectivity index (χ3n) is 2.97. The minimum atomic E-state index is -1.00. The Labute approximate surface area is 127 Å². The van der Waals surface area contributed by atoms with E-state index in [0.717, 1.165) is 6.07 Å². The zero-order valence-corrected chi connectivity index (χ0v) is 12.7. The molecule has 0 saturated heterocycles. The van der Waals surface area contributed by atoms with E-state index in [1.807, 2.05) is 0 Å². The van der Waals surface area contributed by atoms with Crippen LogP contribution in [0.2, 0.25) is 0 Å². The Kier molecular flexibility index (Phi) is 6.03. The summed E-state index contributed by atoms with van der Waals surface area (Å²) >= 11 is 0. The lowest BCUT2D eigenvalue weighted by Crippen LogP contribution is -2.38. The van der Waals surface area contributed by atoms with Crippen molar-refractivity contribution in [3.8, 4) is 0 Å². The third kappa shape index (κ3) is 4.83. The first-order chi connectivity index (χ1) is 10.2. The molecular weight excluding hydrogens is 291 g/mol. The predicted molar refractivity (Wildman–Crippen MR) is 79.1 cm³/mol. The smallest absolute Gasteiger partial charge is 0.305 e. The lowest BCUT2D eigenvalue weighted by molar-refractivity contribution is -0.137. The predicted octanol–water partition coefficient (Wildman–Crippen LogP) is 2.11. The summed E-state index contributed by atoms with van der Waals surface area (Å²) in [4.78, 5) is 35.5. The van der Waals surface area contributed by atoms with Gasteiger partial charge in [-0.15, -0.1) is 0 Å². The molecule has 0 radical (unpaired) electrons. The van der Waals surface area contributed by atoms with Gasteiger partial charge in [0, 0.05) is 25.1 Å². The van der Waals surface area contributed by atoms with Crippen LogP contribution in [-0.2, 0) is 9.59 Å². The summed E-state index contributed by atoms with van der Waals surface area (Å²) in [7, 11) is 0. The fourth-order valence-electron chi connectivity index (χ4n) is 1.92. The Morgan fingerprint density at radius 1 is 1.32 bits per heavy atom. The largest absolute Gasteiger partial charge is 0.481 e. The Balaban J connectivity index is 3.03. The Hall–Kier alpha value is -2.44. The summed E-state index contributed by atoms with van der Waals surface area (Å²) in [5.41, 5.74) is 0.101. The quantitative estimate of drug-likeness (QED) is 0.842. The van der Waals surface area contributed by atoms with Crippen molar-refractivity contribution in [3.05, 3.63) is 29.6 Å². The molecule has 0 atom stereocenters. The molecule has 2 N–H and O–H groups in total. The highest BCUT2D eigenvalue weighted by Crippen LogP contribution is 2.18. The van der Waals surface area contributed by atoms with Crippen molar-refractivity contribution in [1.82, 2.24) is 4.90 Å². The number of aliphatic carboxylic acids is 1. The molecule has 7 heteroatoms. The van der Waals surface area contributed by atoms with Gasteiger partial charge in [-0.25, -0.2) is 4.39 Å². The maximum atomic E-state index is 13.6. The van der Waals surface area contributed by atoms with Crippen molar-refractivity contribution < 1.29 is 23.9 Å². The van der Waals surface area contributed by atoms with Crippen LogP contribution < -0.4 is 5.32 Å². The fourth-order valence-corrected chi connectivity index (χ4v) is 1.92. The molecule has 0 fully saturated rings. The van der Waals surface area contributed by atoms with Crippen molar-refractivity contribution >= 4 is 23.5 Å². The number of carboxylic acids is 1. The first-order valence-corrected chi connectivity index (χ1v) is 6.82. The molecule has 1 aromatic rings. The minimum Gasteiger partial charge on any atom is -0.481 e. The summed E-state index contributed by atoms with van der Waals surface area (Å²) in [6.45, 7) is 4.82. The molecule has 0 saturated carbocycles. The molecule has 120 valence electrons. The van der Waals surface area contributed by atoms with E-state index < -0.39 is 23.6 Å². The van der Waals surface area contributed by atoms with Crippen molar-refractivity contribution in [2.24, 2.45) is 0 Å². The van der Waals surface area contributed by atoms with Crippen LogP contribution in [0.1, 0.15) is 37.6 Å². The highest BCUT2D eigenvalue weighted by atomic mass is 19.1. The molecule has 0 aliphatic carbocycles. The van der Waals surface area contributed by atoms with Gasteiger partial charge in [0.1, 0.15) is 5.82 Å². The summed E-state index contributed by atoms with van der Waals surface area (Å²) in [5, 5.41) is 11.0. The highest BCUT2D eigenvalue weighted by Gasteiger charge is 2.20. The van der Waals surface area contributed by atoms with Crippen LogP contribution in [0.4, 0.5) is 10.1 Å². The molecule has 1 rings (SSSR count). The Morgan fingerprint density at radius 2 is 1.95 bits per heavy atom. The molecule has 2 amide bonds. The molecule has 0 spiro atoms. The lowest BCUT2D eigenvalue weighted by atomic mass is 10.1. The number of amides is 2. The number of rotatable bonds is 6. The number of carboxylic acid groups (broad SMARTS) is 1. The van der Waals surface area contributed by atoms with Crippen LogP contribution in [0.15, 0.2) is 18.2 Å². The van der Waals surface area contributed by atoms with Gasteiger partial charge in [-0.1, -0.05) is 0 Å². The Morgan fingerprint density at radius 3 is 2.45 bits per heavy atom. The van der Waals surface area contributed by atoms with Gasteiger partial charge in [0.15, 0.2) is 0 Å². The maximum Gasteiger partial charge on any atom is 0.305 e. The number of hydrogen-bond acceptors (Lipinski definition) is 3. The maximum absolute atomic E-state index is 13.6. The van der Waals surface area contributed by atoms with E-state index in [2.05, 4.69) is 5.32 Å². The van der Waals surface area contributed by atoms with Gasteiger partial charge in [-0.2, -0.15) is 0 Å². The molecule has 0 heterocycles. The van der Waals surface area contributed by atoms with Gasteiger partial charge >= 0.3 is 5.97 Å². The van der Waals surface area contributed by atoms with E-state index in [1.165, 1.54) is 24.0 Å². The fraction of sp³-hybridized carbons (Fsp3) is 0.400. The zero-order valence-electron chi connectivity index (χ0n) is 12.7. The SMILES string of the molecule is CC(=O)Nc1cc(C(=O)N(CCC(=O)O)C(C)C)ccc1F.